The first-order valence-corrected chi connectivity index (χ1v) is 5.07. The SMILES string of the molecule is CCC(=O)NC(=O)C1CCCCC1. The Hall–Kier alpha value is -0.860. The van der Waals surface area contributed by atoms with Crippen LogP contribution in [0.5, 0.6) is 0 Å². The van der Waals surface area contributed by atoms with Gasteiger partial charge in [-0.25, -0.2) is 0 Å². The average Bonchev–Trinajstić information content (AvgIpc) is 2.19. The lowest BCUT2D eigenvalue weighted by Gasteiger charge is -2.19. The van der Waals surface area contributed by atoms with E-state index >= 15 is 0 Å². The Morgan fingerprint density at radius 1 is 1.23 bits per heavy atom. The number of carbonyl (C=O) groups excluding carboxylic acids is 2. The number of rotatable bonds is 2. The third-order valence-corrected chi connectivity index (χ3v) is 2.56. The molecule has 0 atom stereocenters. The molecule has 1 saturated carbocycles. The lowest BCUT2D eigenvalue weighted by atomic mass is 9.89. The minimum absolute atomic E-state index is 0.0634. The molecule has 2 amide bonds. The summed E-state index contributed by atoms with van der Waals surface area (Å²) in [5, 5.41) is 2.42. The van der Waals surface area contributed by atoms with Crippen LogP contribution in [0.4, 0.5) is 0 Å². The van der Waals surface area contributed by atoms with Crippen molar-refractivity contribution in [2.24, 2.45) is 5.92 Å². The van der Waals surface area contributed by atoms with E-state index in [-0.39, 0.29) is 17.7 Å². The maximum Gasteiger partial charge on any atom is 0.229 e. The van der Waals surface area contributed by atoms with Crippen LogP contribution in [0.1, 0.15) is 45.4 Å². The summed E-state index contributed by atoms with van der Waals surface area (Å²) < 4.78 is 0. The van der Waals surface area contributed by atoms with Gasteiger partial charge >= 0.3 is 0 Å². The molecule has 0 unspecified atom stereocenters. The molecule has 0 aromatic heterocycles. The van der Waals surface area contributed by atoms with Crippen molar-refractivity contribution in [1.82, 2.24) is 5.32 Å². The Bertz CT molecular complexity index is 195. The summed E-state index contributed by atoms with van der Waals surface area (Å²) in [6.45, 7) is 1.75. The van der Waals surface area contributed by atoms with Gasteiger partial charge in [-0.05, 0) is 12.8 Å². The molecule has 0 saturated heterocycles. The van der Waals surface area contributed by atoms with E-state index < -0.39 is 0 Å². The predicted molar refractivity (Wildman–Crippen MR) is 50.0 cm³/mol. The van der Waals surface area contributed by atoms with Gasteiger partial charge in [0, 0.05) is 12.3 Å². The highest BCUT2D eigenvalue weighted by Gasteiger charge is 2.21. The molecule has 0 heterocycles. The first-order valence-electron chi connectivity index (χ1n) is 5.07. The van der Waals surface area contributed by atoms with Crippen molar-refractivity contribution >= 4 is 11.8 Å². The summed E-state index contributed by atoms with van der Waals surface area (Å²) in [5.41, 5.74) is 0. The van der Waals surface area contributed by atoms with E-state index in [1.807, 2.05) is 0 Å². The van der Waals surface area contributed by atoms with Crippen LogP contribution in [0.25, 0.3) is 0 Å². The standard InChI is InChI=1S/C10H17NO2/c1-2-9(12)11-10(13)8-6-4-3-5-7-8/h8H,2-7H2,1H3,(H,11,12,13). The lowest BCUT2D eigenvalue weighted by molar-refractivity contribution is -0.133. The topological polar surface area (TPSA) is 46.2 Å². The number of carbonyl (C=O) groups is 2. The fraction of sp³-hybridized carbons (Fsp3) is 0.800. The Morgan fingerprint density at radius 2 is 1.85 bits per heavy atom. The molecule has 0 aromatic rings. The van der Waals surface area contributed by atoms with Crippen LogP contribution < -0.4 is 5.32 Å². The zero-order valence-electron chi connectivity index (χ0n) is 8.14. The van der Waals surface area contributed by atoms with Gasteiger partial charge in [0.2, 0.25) is 11.8 Å². The van der Waals surface area contributed by atoms with Gasteiger partial charge in [-0.3, -0.25) is 14.9 Å². The van der Waals surface area contributed by atoms with E-state index in [1.54, 1.807) is 6.92 Å². The second kappa shape index (κ2) is 5.00. The zero-order valence-corrected chi connectivity index (χ0v) is 8.14. The van der Waals surface area contributed by atoms with Gasteiger partial charge in [0.25, 0.3) is 0 Å². The summed E-state index contributed by atoms with van der Waals surface area (Å²) >= 11 is 0. The van der Waals surface area contributed by atoms with Gasteiger partial charge in [-0.15, -0.1) is 0 Å². The van der Waals surface area contributed by atoms with Crippen molar-refractivity contribution in [2.45, 2.75) is 45.4 Å². The molecule has 0 spiro atoms. The molecule has 74 valence electrons. The molecule has 1 aliphatic rings. The second-order valence-corrected chi connectivity index (χ2v) is 3.60. The van der Waals surface area contributed by atoms with Crippen LogP contribution >= 0.6 is 0 Å². The molecular weight excluding hydrogens is 166 g/mol. The van der Waals surface area contributed by atoms with E-state index in [4.69, 9.17) is 0 Å². The van der Waals surface area contributed by atoms with Crippen molar-refractivity contribution in [2.75, 3.05) is 0 Å². The van der Waals surface area contributed by atoms with Gasteiger partial charge < -0.3 is 0 Å². The number of hydrogen-bond donors (Lipinski definition) is 1. The summed E-state index contributed by atoms with van der Waals surface area (Å²) in [7, 11) is 0. The molecule has 1 rings (SSSR count). The summed E-state index contributed by atoms with van der Waals surface area (Å²) in [6, 6.07) is 0. The van der Waals surface area contributed by atoms with Crippen LogP contribution in [0.2, 0.25) is 0 Å². The molecule has 0 aromatic carbocycles. The maximum atomic E-state index is 11.4. The third-order valence-electron chi connectivity index (χ3n) is 2.56. The molecule has 3 heteroatoms. The van der Waals surface area contributed by atoms with Crippen LogP contribution in [0.3, 0.4) is 0 Å². The quantitative estimate of drug-likeness (QED) is 0.707. The molecular formula is C10H17NO2. The Kier molecular flexibility index (Phi) is 3.93. The molecule has 0 bridgehead atoms. The van der Waals surface area contributed by atoms with Crippen molar-refractivity contribution in [1.29, 1.82) is 0 Å². The highest BCUT2D eigenvalue weighted by atomic mass is 16.2. The van der Waals surface area contributed by atoms with Gasteiger partial charge in [0.05, 0.1) is 0 Å². The largest absolute Gasteiger partial charge is 0.296 e. The van der Waals surface area contributed by atoms with Gasteiger partial charge in [0.15, 0.2) is 0 Å². The minimum atomic E-state index is -0.157. The first-order chi connectivity index (χ1) is 6.24. The number of amides is 2. The molecule has 0 radical (unpaired) electrons. The first kappa shape index (κ1) is 10.2. The van der Waals surface area contributed by atoms with Crippen LogP contribution in [0, 0.1) is 5.92 Å². The molecule has 1 N–H and O–H groups in total. The second-order valence-electron chi connectivity index (χ2n) is 3.60. The van der Waals surface area contributed by atoms with Gasteiger partial charge in [-0.2, -0.15) is 0 Å². The molecule has 13 heavy (non-hydrogen) atoms. The van der Waals surface area contributed by atoms with E-state index in [2.05, 4.69) is 5.32 Å². The predicted octanol–water partition coefficient (Wildman–Crippen LogP) is 1.62. The van der Waals surface area contributed by atoms with E-state index in [9.17, 15) is 9.59 Å². The minimum Gasteiger partial charge on any atom is -0.296 e. The lowest BCUT2D eigenvalue weighted by Crippen LogP contribution is -2.36. The highest BCUT2D eigenvalue weighted by molar-refractivity contribution is 5.96. The zero-order chi connectivity index (χ0) is 9.68. The van der Waals surface area contributed by atoms with Gasteiger partial charge in [-0.1, -0.05) is 26.2 Å². The number of imide groups is 1. The molecule has 1 aliphatic carbocycles. The Morgan fingerprint density at radius 3 is 2.38 bits per heavy atom. The van der Waals surface area contributed by atoms with Crippen molar-refractivity contribution in [3.63, 3.8) is 0 Å². The van der Waals surface area contributed by atoms with E-state index in [0.29, 0.717) is 6.42 Å². The van der Waals surface area contributed by atoms with Crippen molar-refractivity contribution in [3.8, 4) is 0 Å². The van der Waals surface area contributed by atoms with Crippen LogP contribution in [0.15, 0.2) is 0 Å². The third kappa shape index (κ3) is 3.17. The fourth-order valence-corrected chi connectivity index (χ4v) is 1.69. The van der Waals surface area contributed by atoms with Crippen molar-refractivity contribution < 1.29 is 9.59 Å². The highest BCUT2D eigenvalue weighted by Crippen LogP contribution is 2.23. The maximum absolute atomic E-state index is 11.4. The number of hydrogen-bond acceptors (Lipinski definition) is 2. The van der Waals surface area contributed by atoms with E-state index in [0.717, 1.165) is 25.7 Å². The normalized spacial score (nSPS) is 18.2. The summed E-state index contributed by atoms with van der Waals surface area (Å²) in [5.74, 6) is -0.133. The molecule has 3 nitrogen and oxygen atoms in total. The Labute approximate surface area is 78.9 Å². The number of nitrogens with one attached hydrogen (secondary N) is 1. The Balaban J connectivity index is 2.33. The van der Waals surface area contributed by atoms with E-state index in [1.165, 1.54) is 6.42 Å². The molecule has 0 aliphatic heterocycles. The van der Waals surface area contributed by atoms with Crippen LogP contribution in [-0.4, -0.2) is 11.8 Å². The molecule has 1 fully saturated rings. The van der Waals surface area contributed by atoms with Crippen LogP contribution in [-0.2, 0) is 9.59 Å². The summed E-state index contributed by atoms with van der Waals surface area (Å²) in [4.78, 5) is 22.4. The fourth-order valence-electron chi connectivity index (χ4n) is 1.69. The van der Waals surface area contributed by atoms with Crippen molar-refractivity contribution in [3.05, 3.63) is 0 Å². The monoisotopic (exact) mass is 183 g/mol. The van der Waals surface area contributed by atoms with Gasteiger partial charge in [0.1, 0.15) is 0 Å². The summed E-state index contributed by atoms with van der Waals surface area (Å²) in [6.07, 6.45) is 5.76. The average molecular weight is 183 g/mol. The smallest absolute Gasteiger partial charge is 0.229 e.